The van der Waals surface area contributed by atoms with Gasteiger partial charge in [-0.2, -0.15) is 0 Å². The molecule has 0 heterocycles. The molecule has 0 fully saturated rings. The zero-order valence-electron chi connectivity index (χ0n) is 30.5. The quantitative estimate of drug-likeness (QED) is 0.0381. The number of rotatable bonds is 25. The van der Waals surface area contributed by atoms with Gasteiger partial charge in [-0.3, -0.25) is 0 Å². The van der Waals surface area contributed by atoms with Crippen molar-refractivity contribution in [3.63, 3.8) is 0 Å². The Morgan fingerprint density at radius 2 is 1.71 bits per heavy atom. The number of methoxy groups -OCH3 is 4. The number of benzene rings is 2. The highest BCUT2D eigenvalue weighted by Gasteiger charge is 2.33. The molecule has 0 radical (unpaired) electrons. The molecule has 8 heteroatoms. The van der Waals surface area contributed by atoms with Gasteiger partial charge >= 0.3 is 0 Å². The Morgan fingerprint density at radius 3 is 2.35 bits per heavy atom. The second-order valence-electron chi connectivity index (χ2n) is 12.7. The molecule has 48 heavy (non-hydrogen) atoms. The monoisotopic (exact) mass is 668 g/mol. The Kier molecular flexibility index (Phi) is 19.4. The summed E-state index contributed by atoms with van der Waals surface area (Å²) in [6.45, 7) is 14.5. The molecule has 0 unspecified atom stereocenters. The molecule has 0 saturated carbocycles. The van der Waals surface area contributed by atoms with E-state index in [2.05, 4.69) is 58.5 Å². The van der Waals surface area contributed by atoms with Crippen LogP contribution in [-0.2, 0) is 46.9 Å². The van der Waals surface area contributed by atoms with E-state index >= 15 is 0 Å². The minimum Gasteiger partial charge on any atom is -0.497 e. The van der Waals surface area contributed by atoms with Crippen LogP contribution < -0.4 is 4.74 Å². The Hall–Kier alpha value is -2.98. The topological polar surface area (TPSA) is 84.8 Å². The van der Waals surface area contributed by atoms with Gasteiger partial charge in [0.05, 0.1) is 59.0 Å². The van der Waals surface area contributed by atoms with Gasteiger partial charge in [0.2, 0.25) is 0 Å². The van der Waals surface area contributed by atoms with E-state index < -0.39 is 11.5 Å². The Morgan fingerprint density at radius 1 is 0.958 bits per heavy atom. The van der Waals surface area contributed by atoms with Crippen molar-refractivity contribution < 1.29 is 38.3 Å². The van der Waals surface area contributed by atoms with Gasteiger partial charge in [-0.1, -0.05) is 75.9 Å². The lowest BCUT2D eigenvalue weighted by Crippen LogP contribution is -2.38. The summed E-state index contributed by atoms with van der Waals surface area (Å²) in [5, 5.41) is 11.6. The summed E-state index contributed by atoms with van der Waals surface area (Å²) in [4.78, 5) is 0. The van der Waals surface area contributed by atoms with E-state index in [1.54, 1.807) is 28.4 Å². The Labute approximate surface area is 289 Å². The Bertz CT molecular complexity index is 1240. The largest absolute Gasteiger partial charge is 0.497 e. The highest BCUT2D eigenvalue weighted by atomic mass is 16.7. The van der Waals surface area contributed by atoms with Crippen molar-refractivity contribution in [3.05, 3.63) is 101 Å². The summed E-state index contributed by atoms with van der Waals surface area (Å²) < 4.78 is 39.3. The number of aliphatic hydroxyl groups excluding tert-OH is 1. The van der Waals surface area contributed by atoms with Crippen LogP contribution in [0.3, 0.4) is 0 Å². The number of aliphatic hydroxyl groups is 1. The summed E-state index contributed by atoms with van der Waals surface area (Å²) >= 11 is 0. The average Bonchev–Trinajstić information content (AvgIpc) is 3.10. The molecule has 8 nitrogen and oxygen atoms in total. The normalized spacial score (nSPS) is 14.9. The van der Waals surface area contributed by atoms with Crippen LogP contribution in [-0.4, -0.2) is 78.5 Å². The number of hydrogen-bond acceptors (Lipinski definition) is 8. The first kappa shape index (κ1) is 41.2. The second-order valence-corrected chi connectivity index (χ2v) is 12.7. The van der Waals surface area contributed by atoms with Crippen LogP contribution in [0, 0.1) is 5.92 Å². The van der Waals surface area contributed by atoms with Crippen molar-refractivity contribution in [2.45, 2.75) is 83.7 Å². The van der Waals surface area contributed by atoms with Crippen molar-refractivity contribution >= 4 is 0 Å². The zero-order valence-corrected chi connectivity index (χ0v) is 30.5. The lowest BCUT2D eigenvalue weighted by atomic mass is 9.76. The molecular weight excluding hydrogens is 608 g/mol. The van der Waals surface area contributed by atoms with Gasteiger partial charge in [0.1, 0.15) is 18.3 Å². The van der Waals surface area contributed by atoms with Crippen LogP contribution in [0.25, 0.3) is 0 Å². The van der Waals surface area contributed by atoms with Gasteiger partial charge in [-0.15, -0.1) is 0 Å². The molecule has 0 aromatic heterocycles. The van der Waals surface area contributed by atoms with E-state index in [1.165, 1.54) is 0 Å². The summed E-state index contributed by atoms with van der Waals surface area (Å²) in [7, 11) is 6.62. The molecule has 0 amide bonds. The molecule has 4 atom stereocenters. The molecular formula is C40H60O8. The first-order valence-electron chi connectivity index (χ1n) is 16.8. The van der Waals surface area contributed by atoms with E-state index in [1.807, 2.05) is 42.5 Å². The van der Waals surface area contributed by atoms with Crippen LogP contribution in [0.2, 0.25) is 0 Å². The molecule has 0 bridgehead atoms. The molecule has 0 aliphatic heterocycles. The lowest BCUT2D eigenvalue weighted by molar-refractivity contribution is -0.0719. The fraction of sp³-hybridized carbons (Fsp3) is 0.550. The molecule has 0 aliphatic rings. The van der Waals surface area contributed by atoms with Crippen molar-refractivity contribution in [3.8, 4) is 5.75 Å². The molecule has 2 rings (SSSR count). The molecule has 0 aliphatic carbocycles. The van der Waals surface area contributed by atoms with E-state index in [-0.39, 0.29) is 24.9 Å². The summed E-state index contributed by atoms with van der Waals surface area (Å²) in [6.07, 6.45) is 7.73. The van der Waals surface area contributed by atoms with Gasteiger partial charge < -0.3 is 38.3 Å². The maximum absolute atomic E-state index is 11.6. The summed E-state index contributed by atoms with van der Waals surface area (Å²) in [5.74, 6) is 1.62. The standard InChI is InChI=1S/C40H60O8/c1-10-32(27-47-29-46-22-21-42-6)23-30(2)38(48-28-34-17-19-36(44-8)20-18-34)25-37(45-9)26-39(41)40(4,5)35-16-12-15-33(24-35)14-11-13-31(3)43-7/h11-13,15-20,23-24,32,37-39,41H,3,10,14,21-22,25-29H2,1-2,4-9H3/b13-11+,30-23-/t32-,37-,38+,39+/m1/s1. The fourth-order valence-electron chi connectivity index (χ4n) is 5.28. The maximum Gasteiger partial charge on any atom is 0.146 e. The van der Waals surface area contributed by atoms with Gasteiger partial charge in [0, 0.05) is 38.4 Å². The van der Waals surface area contributed by atoms with Crippen molar-refractivity contribution in [1.29, 1.82) is 0 Å². The van der Waals surface area contributed by atoms with E-state index in [0.29, 0.717) is 45.0 Å². The molecule has 1 N–H and O–H groups in total. The minimum atomic E-state index is -0.650. The molecule has 268 valence electrons. The number of ether oxygens (including phenoxy) is 7. The first-order valence-corrected chi connectivity index (χ1v) is 16.8. The van der Waals surface area contributed by atoms with Crippen LogP contribution in [0.1, 0.15) is 63.6 Å². The number of hydrogen-bond donors (Lipinski definition) is 1. The molecule has 0 spiro atoms. The smallest absolute Gasteiger partial charge is 0.146 e. The molecule has 2 aromatic rings. The van der Waals surface area contributed by atoms with Crippen LogP contribution >= 0.6 is 0 Å². The van der Waals surface area contributed by atoms with E-state index in [4.69, 9.17) is 33.2 Å². The van der Waals surface area contributed by atoms with Crippen LogP contribution in [0.5, 0.6) is 5.75 Å². The third-order valence-corrected chi connectivity index (χ3v) is 8.79. The molecule has 0 saturated heterocycles. The van der Waals surface area contributed by atoms with Crippen LogP contribution in [0.15, 0.2) is 84.7 Å². The van der Waals surface area contributed by atoms with Gasteiger partial charge in [-0.25, -0.2) is 0 Å². The van der Waals surface area contributed by atoms with Crippen LogP contribution in [0.4, 0.5) is 0 Å². The van der Waals surface area contributed by atoms with Gasteiger partial charge in [0.25, 0.3) is 0 Å². The highest BCUT2D eigenvalue weighted by Crippen LogP contribution is 2.32. The third kappa shape index (κ3) is 14.6. The highest BCUT2D eigenvalue weighted by molar-refractivity contribution is 5.32. The number of allylic oxidation sites excluding steroid dienone is 2. The Balaban J connectivity index is 2.18. The SMILES string of the molecule is C=C(/C=C/Cc1cccc(C(C)(C)[C@@H](O)C[C@@H](C[C@H](OCc2ccc(OC)cc2)/C(C)=C\[C@@H](CC)COCOCCOC)OC)c1)OC. The van der Waals surface area contributed by atoms with E-state index in [0.717, 1.165) is 40.9 Å². The molecule has 2 aromatic carbocycles. The van der Waals surface area contributed by atoms with Crippen molar-refractivity contribution in [1.82, 2.24) is 0 Å². The van der Waals surface area contributed by atoms with Gasteiger partial charge in [-0.05, 0) is 60.2 Å². The third-order valence-electron chi connectivity index (χ3n) is 8.79. The minimum absolute atomic E-state index is 0.198. The van der Waals surface area contributed by atoms with Gasteiger partial charge in [0.15, 0.2) is 0 Å². The average molecular weight is 669 g/mol. The predicted molar refractivity (Wildman–Crippen MR) is 192 cm³/mol. The lowest BCUT2D eigenvalue weighted by Gasteiger charge is -2.34. The van der Waals surface area contributed by atoms with Crippen molar-refractivity contribution in [2.24, 2.45) is 5.92 Å². The zero-order chi connectivity index (χ0) is 35.4. The summed E-state index contributed by atoms with van der Waals surface area (Å²) in [6, 6.07) is 16.3. The fourth-order valence-corrected chi connectivity index (χ4v) is 5.28. The first-order chi connectivity index (χ1) is 23.1. The van der Waals surface area contributed by atoms with Crippen molar-refractivity contribution in [2.75, 3.05) is 55.1 Å². The maximum atomic E-state index is 11.6. The second kappa shape index (κ2) is 22.6. The van der Waals surface area contributed by atoms with E-state index in [9.17, 15) is 5.11 Å². The predicted octanol–water partition coefficient (Wildman–Crippen LogP) is 7.58. The summed E-state index contributed by atoms with van der Waals surface area (Å²) in [5.41, 5.74) is 3.87.